The van der Waals surface area contributed by atoms with E-state index in [2.05, 4.69) is 15.2 Å². The van der Waals surface area contributed by atoms with E-state index >= 15 is 0 Å². The van der Waals surface area contributed by atoms with Crippen molar-refractivity contribution in [2.45, 2.75) is 24.3 Å². The second-order valence-corrected chi connectivity index (χ2v) is 9.22. The summed E-state index contributed by atoms with van der Waals surface area (Å²) in [5.41, 5.74) is 4.76. The Hall–Kier alpha value is -3.69. The molecule has 8 nitrogen and oxygen atoms in total. The van der Waals surface area contributed by atoms with Crippen LogP contribution >= 0.6 is 0 Å². The third-order valence-electron chi connectivity index (χ3n) is 5.03. The molecule has 0 saturated heterocycles. The van der Waals surface area contributed by atoms with Crippen LogP contribution in [-0.4, -0.2) is 34.8 Å². The van der Waals surface area contributed by atoms with E-state index in [1.807, 2.05) is 13.0 Å². The normalized spacial score (nSPS) is 12.3. The Bertz CT molecular complexity index is 1240. The van der Waals surface area contributed by atoms with E-state index in [4.69, 9.17) is 9.47 Å². The van der Waals surface area contributed by atoms with Crippen LogP contribution in [0.15, 0.2) is 82.8 Å². The van der Waals surface area contributed by atoms with Gasteiger partial charge in [0, 0.05) is 6.42 Å². The number of nitrogens with zero attached hydrogens (tertiary/aromatic N) is 1. The van der Waals surface area contributed by atoms with Crippen LogP contribution in [0.4, 0.5) is 0 Å². The molecule has 0 aromatic heterocycles. The molecule has 1 atom stereocenters. The molecule has 0 saturated carbocycles. The highest BCUT2D eigenvalue weighted by Crippen LogP contribution is 2.27. The molecule has 0 heterocycles. The van der Waals surface area contributed by atoms with E-state index in [0.717, 1.165) is 5.56 Å². The lowest BCUT2D eigenvalue weighted by Gasteiger charge is -2.18. The van der Waals surface area contributed by atoms with E-state index in [0.29, 0.717) is 22.6 Å². The third-order valence-corrected chi connectivity index (χ3v) is 6.52. The molecule has 178 valence electrons. The van der Waals surface area contributed by atoms with Gasteiger partial charge in [0.1, 0.15) is 0 Å². The molecule has 3 rings (SSSR count). The van der Waals surface area contributed by atoms with Crippen molar-refractivity contribution in [1.82, 2.24) is 10.1 Å². The number of hydrogen-bond donors (Lipinski definition) is 2. The van der Waals surface area contributed by atoms with E-state index in [9.17, 15) is 13.2 Å². The average molecular weight is 482 g/mol. The summed E-state index contributed by atoms with van der Waals surface area (Å²) < 4.78 is 39.0. The number of carbonyl (C=O) groups excluding carboxylic acids is 1. The summed E-state index contributed by atoms with van der Waals surface area (Å²) in [6, 6.07) is 19.9. The molecule has 0 aliphatic heterocycles. The molecule has 0 bridgehead atoms. The van der Waals surface area contributed by atoms with Crippen molar-refractivity contribution in [2.24, 2.45) is 5.10 Å². The highest BCUT2D eigenvalue weighted by Gasteiger charge is 2.23. The summed E-state index contributed by atoms with van der Waals surface area (Å²) in [5.74, 6) is 0.667. The molecule has 0 spiro atoms. The molecule has 0 radical (unpaired) electrons. The van der Waals surface area contributed by atoms with Crippen LogP contribution in [-0.2, 0) is 14.8 Å². The maximum Gasteiger partial charge on any atom is 0.242 e. The first-order chi connectivity index (χ1) is 16.3. The van der Waals surface area contributed by atoms with Gasteiger partial charge in [-0.05, 0) is 48.4 Å². The average Bonchev–Trinajstić information content (AvgIpc) is 2.84. The first-order valence-corrected chi connectivity index (χ1v) is 12.0. The van der Waals surface area contributed by atoms with Gasteiger partial charge in [-0.25, -0.2) is 18.6 Å². The molecule has 0 aliphatic rings. The molecule has 2 N–H and O–H groups in total. The van der Waals surface area contributed by atoms with Gasteiger partial charge in [-0.3, -0.25) is 4.79 Å². The number of nitrogens with one attached hydrogen (secondary N) is 2. The van der Waals surface area contributed by atoms with E-state index in [1.165, 1.54) is 25.5 Å². The largest absolute Gasteiger partial charge is 0.493 e. The number of ether oxygens (including phenoxy) is 2. The minimum absolute atomic E-state index is 0.130. The summed E-state index contributed by atoms with van der Waals surface area (Å²) in [4.78, 5) is 12.7. The molecular formula is C25H27N3O5S. The maximum atomic E-state index is 12.9. The van der Waals surface area contributed by atoms with Gasteiger partial charge >= 0.3 is 0 Å². The predicted molar refractivity (Wildman–Crippen MR) is 131 cm³/mol. The lowest BCUT2D eigenvalue weighted by molar-refractivity contribution is -0.121. The summed E-state index contributed by atoms with van der Waals surface area (Å²) in [7, 11) is -0.769. The van der Waals surface area contributed by atoms with E-state index < -0.39 is 22.0 Å². The van der Waals surface area contributed by atoms with E-state index in [-0.39, 0.29) is 11.3 Å². The van der Waals surface area contributed by atoms with Gasteiger partial charge in [0.05, 0.1) is 31.4 Å². The minimum atomic E-state index is -3.84. The first kappa shape index (κ1) is 24.9. The third kappa shape index (κ3) is 6.66. The van der Waals surface area contributed by atoms with Crippen molar-refractivity contribution in [1.29, 1.82) is 0 Å². The summed E-state index contributed by atoms with van der Waals surface area (Å²) >= 11 is 0. The molecule has 3 aromatic rings. The molecule has 0 aliphatic carbocycles. The zero-order valence-electron chi connectivity index (χ0n) is 19.2. The number of aryl methyl sites for hydroxylation is 1. The number of sulfonamides is 1. The zero-order valence-corrected chi connectivity index (χ0v) is 20.0. The smallest absolute Gasteiger partial charge is 0.242 e. The molecule has 1 amide bonds. The highest BCUT2D eigenvalue weighted by atomic mass is 32.2. The Morgan fingerprint density at radius 3 is 2.29 bits per heavy atom. The van der Waals surface area contributed by atoms with Crippen molar-refractivity contribution >= 4 is 22.1 Å². The molecule has 9 heteroatoms. The monoisotopic (exact) mass is 481 g/mol. The van der Waals surface area contributed by atoms with Crippen LogP contribution in [0.5, 0.6) is 11.5 Å². The predicted octanol–water partition coefficient (Wildman–Crippen LogP) is 3.57. The van der Waals surface area contributed by atoms with Crippen LogP contribution in [0.2, 0.25) is 0 Å². The van der Waals surface area contributed by atoms with Crippen molar-refractivity contribution in [3.8, 4) is 11.5 Å². The van der Waals surface area contributed by atoms with Gasteiger partial charge in [0.25, 0.3) is 0 Å². The van der Waals surface area contributed by atoms with Crippen molar-refractivity contribution in [3.05, 3.63) is 89.5 Å². The molecule has 3 aromatic carbocycles. The SMILES string of the molecule is COc1ccc(/C=N\NC(=O)C[C@@H](NS(=O)(=O)c2ccc(C)cc2)c2ccccc2)cc1OC. The van der Waals surface area contributed by atoms with Crippen LogP contribution in [0.3, 0.4) is 0 Å². The summed E-state index contributed by atoms with van der Waals surface area (Å²) in [6.07, 6.45) is 1.33. The van der Waals surface area contributed by atoms with Gasteiger partial charge in [-0.2, -0.15) is 5.10 Å². The fraction of sp³-hybridized carbons (Fsp3) is 0.200. The first-order valence-electron chi connectivity index (χ1n) is 10.5. The summed E-state index contributed by atoms with van der Waals surface area (Å²) in [6.45, 7) is 1.88. The van der Waals surface area contributed by atoms with E-state index in [1.54, 1.807) is 61.7 Å². The second kappa shape index (κ2) is 11.4. The number of carbonyl (C=O) groups is 1. The highest BCUT2D eigenvalue weighted by molar-refractivity contribution is 7.89. The van der Waals surface area contributed by atoms with Crippen LogP contribution in [0.25, 0.3) is 0 Å². The standard InChI is InChI=1S/C25H27N3O5S/c1-18-9-12-21(13-10-18)34(30,31)28-22(20-7-5-4-6-8-20)16-25(29)27-26-17-19-11-14-23(32-2)24(15-19)33-3/h4-15,17,22,28H,16H2,1-3H3,(H,27,29)/b26-17-/t22-/m1/s1. The van der Waals surface area contributed by atoms with Crippen LogP contribution in [0, 0.1) is 6.92 Å². The van der Waals surface area contributed by atoms with Gasteiger partial charge in [-0.15, -0.1) is 0 Å². The van der Waals surface area contributed by atoms with Crippen LogP contribution in [0.1, 0.15) is 29.2 Å². The zero-order chi connectivity index (χ0) is 24.6. The van der Waals surface area contributed by atoms with Gasteiger partial charge in [-0.1, -0.05) is 48.0 Å². The van der Waals surface area contributed by atoms with Crippen molar-refractivity contribution in [3.63, 3.8) is 0 Å². The number of hydrogen-bond acceptors (Lipinski definition) is 6. The number of rotatable bonds is 10. The lowest BCUT2D eigenvalue weighted by atomic mass is 10.0. The molecule has 34 heavy (non-hydrogen) atoms. The topological polar surface area (TPSA) is 106 Å². The van der Waals surface area contributed by atoms with Crippen molar-refractivity contribution < 1.29 is 22.7 Å². The Morgan fingerprint density at radius 2 is 1.65 bits per heavy atom. The number of amides is 1. The number of benzene rings is 3. The van der Waals surface area contributed by atoms with Crippen LogP contribution < -0.4 is 19.6 Å². The fourth-order valence-electron chi connectivity index (χ4n) is 3.23. The van der Waals surface area contributed by atoms with Gasteiger partial charge in [0.15, 0.2) is 11.5 Å². The Labute approximate surface area is 199 Å². The van der Waals surface area contributed by atoms with Gasteiger partial charge < -0.3 is 9.47 Å². The Kier molecular flexibility index (Phi) is 8.39. The van der Waals surface area contributed by atoms with Crippen molar-refractivity contribution in [2.75, 3.05) is 14.2 Å². The quantitative estimate of drug-likeness (QED) is 0.340. The number of hydrazone groups is 1. The molecule has 0 fully saturated rings. The Balaban J connectivity index is 1.72. The maximum absolute atomic E-state index is 12.9. The lowest BCUT2D eigenvalue weighted by Crippen LogP contribution is -2.32. The molecule has 0 unspecified atom stereocenters. The fourth-order valence-corrected chi connectivity index (χ4v) is 4.45. The second-order valence-electron chi connectivity index (χ2n) is 7.51. The van der Waals surface area contributed by atoms with Gasteiger partial charge in [0.2, 0.25) is 15.9 Å². The number of methoxy groups -OCH3 is 2. The Morgan fingerprint density at radius 1 is 0.971 bits per heavy atom. The minimum Gasteiger partial charge on any atom is -0.493 e. The summed E-state index contributed by atoms with van der Waals surface area (Å²) in [5, 5.41) is 3.99. The molecular weight excluding hydrogens is 454 g/mol.